The van der Waals surface area contributed by atoms with Gasteiger partial charge in [-0.2, -0.15) is 0 Å². The van der Waals surface area contributed by atoms with Crippen LogP contribution in [0.1, 0.15) is 46.8 Å². The van der Waals surface area contributed by atoms with Gasteiger partial charge in [-0.15, -0.1) is 11.8 Å². The molecule has 0 bridgehead atoms. The van der Waals surface area contributed by atoms with Crippen molar-refractivity contribution >= 4 is 17.7 Å². The summed E-state index contributed by atoms with van der Waals surface area (Å²) in [5, 5.41) is 3.02. The Morgan fingerprint density at radius 2 is 1.84 bits per heavy atom. The first-order valence-electron chi connectivity index (χ1n) is 8.58. The molecule has 2 rings (SSSR count). The van der Waals surface area contributed by atoms with E-state index < -0.39 is 0 Å². The number of ether oxygens (including phenoxy) is 1. The highest BCUT2D eigenvalue weighted by Gasteiger charge is 2.15. The summed E-state index contributed by atoms with van der Waals surface area (Å²) in [7, 11) is 1.67. The molecule has 0 spiro atoms. The van der Waals surface area contributed by atoms with Crippen LogP contribution < -0.4 is 10.1 Å². The fraction of sp³-hybridized carbons (Fsp3) is 0.381. The molecule has 3 nitrogen and oxygen atoms in total. The van der Waals surface area contributed by atoms with E-state index in [0.29, 0.717) is 12.5 Å². The van der Waals surface area contributed by atoms with Crippen molar-refractivity contribution in [1.82, 2.24) is 5.32 Å². The van der Waals surface area contributed by atoms with E-state index in [1.165, 1.54) is 10.5 Å². The highest BCUT2D eigenvalue weighted by atomic mass is 32.2. The Hall–Kier alpha value is -1.94. The Morgan fingerprint density at radius 1 is 1.16 bits per heavy atom. The Bertz CT molecular complexity index is 723. The average Bonchev–Trinajstić information content (AvgIpc) is 2.59. The maximum absolute atomic E-state index is 12.5. The molecule has 0 saturated carbocycles. The van der Waals surface area contributed by atoms with Gasteiger partial charge in [0, 0.05) is 22.8 Å². The third-order valence-corrected chi connectivity index (χ3v) is 5.13. The Kier molecular flexibility index (Phi) is 6.94. The van der Waals surface area contributed by atoms with E-state index in [9.17, 15) is 4.79 Å². The van der Waals surface area contributed by atoms with E-state index in [0.717, 1.165) is 28.2 Å². The van der Waals surface area contributed by atoms with Crippen LogP contribution in [0.5, 0.6) is 5.75 Å². The van der Waals surface area contributed by atoms with E-state index in [-0.39, 0.29) is 5.91 Å². The predicted molar refractivity (Wildman–Crippen MR) is 106 cm³/mol. The van der Waals surface area contributed by atoms with Crippen molar-refractivity contribution < 1.29 is 9.53 Å². The fourth-order valence-electron chi connectivity index (χ4n) is 2.63. The van der Waals surface area contributed by atoms with E-state index >= 15 is 0 Å². The lowest BCUT2D eigenvalue weighted by molar-refractivity contribution is 0.0955. The summed E-state index contributed by atoms with van der Waals surface area (Å²) in [6, 6.07) is 12.4. The van der Waals surface area contributed by atoms with E-state index in [4.69, 9.17) is 4.74 Å². The van der Waals surface area contributed by atoms with E-state index in [1.54, 1.807) is 18.9 Å². The summed E-state index contributed by atoms with van der Waals surface area (Å²) in [6.07, 6.45) is 0. The van der Waals surface area contributed by atoms with Crippen LogP contribution in [0.2, 0.25) is 0 Å². The maximum atomic E-state index is 12.5. The number of benzene rings is 2. The van der Waals surface area contributed by atoms with Crippen molar-refractivity contribution in [3.63, 3.8) is 0 Å². The summed E-state index contributed by atoms with van der Waals surface area (Å²) in [4.78, 5) is 13.8. The lowest BCUT2D eigenvalue weighted by Gasteiger charge is -2.16. The molecule has 0 saturated heterocycles. The minimum atomic E-state index is -0.0217. The zero-order chi connectivity index (χ0) is 18.4. The molecule has 2 aromatic rings. The maximum Gasteiger partial charge on any atom is 0.251 e. The number of aryl methyl sites for hydroxylation is 2. The third-order valence-electron chi connectivity index (χ3n) is 4.12. The Morgan fingerprint density at radius 3 is 2.44 bits per heavy atom. The van der Waals surface area contributed by atoms with Gasteiger partial charge in [0.2, 0.25) is 0 Å². The summed E-state index contributed by atoms with van der Waals surface area (Å²) >= 11 is 1.75. The quantitative estimate of drug-likeness (QED) is 0.562. The number of hydrogen-bond acceptors (Lipinski definition) is 3. The summed E-state index contributed by atoms with van der Waals surface area (Å²) in [5.41, 5.74) is 3.98. The molecule has 4 heteroatoms. The van der Waals surface area contributed by atoms with Gasteiger partial charge in [0.25, 0.3) is 5.91 Å². The molecular formula is C21H27NO2S. The summed E-state index contributed by atoms with van der Waals surface area (Å²) in [5.74, 6) is 1.98. The van der Waals surface area contributed by atoms with Crippen molar-refractivity contribution in [2.24, 2.45) is 0 Å². The predicted octanol–water partition coefficient (Wildman–Crippen LogP) is 4.96. The number of methoxy groups -OCH3 is 1. The molecule has 0 radical (unpaired) electrons. The van der Waals surface area contributed by atoms with Gasteiger partial charge in [-0.1, -0.05) is 31.5 Å². The largest absolute Gasteiger partial charge is 0.496 e. The summed E-state index contributed by atoms with van der Waals surface area (Å²) in [6.45, 7) is 8.87. The number of carbonyl (C=O) groups is 1. The fourth-order valence-corrected chi connectivity index (χ4v) is 3.40. The van der Waals surface area contributed by atoms with Gasteiger partial charge in [0.15, 0.2) is 0 Å². The van der Waals surface area contributed by atoms with Crippen LogP contribution in [0, 0.1) is 13.8 Å². The molecule has 0 fully saturated rings. The molecule has 0 aliphatic carbocycles. The second kappa shape index (κ2) is 8.95. The Labute approximate surface area is 155 Å². The van der Waals surface area contributed by atoms with E-state index in [2.05, 4.69) is 50.4 Å². The number of amides is 1. The molecule has 1 N–H and O–H groups in total. The van der Waals surface area contributed by atoms with Crippen molar-refractivity contribution in [3.8, 4) is 5.75 Å². The van der Waals surface area contributed by atoms with Crippen molar-refractivity contribution in [2.75, 3.05) is 19.4 Å². The normalized spacial score (nSPS) is 10.8. The number of nitrogens with one attached hydrogen (secondary N) is 1. The van der Waals surface area contributed by atoms with Gasteiger partial charge < -0.3 is 10.1 Å². The van der Waals surface area contributed by atoms with Gasteiger partial charge in [0.05, 0.1) is 7.11 Å². The second-order valence-electron chi connectivity index (χ2n) is 6.48. The monoisotopic (exact) mass is 357 g/mol. The zero-order valence-electron chi connectivity index (χ0n) is 15.7. The lowest BCUT2D eigenvalue weighted by Crippen LogP contribution is -2.26. The molecule has 0 aliphatic rings. The molecule has 0 heterocycles. The molecule has 25 heavy (non-hydrogen) atoms. The molecule has 134 valence electrons. The molecule has 0 unspecified atom stereocenters. The van der Waals surface area contributed by atoms with Crippen molar-refractivity contribution in [2.45, 2.75) is 38.5 Å². The highest BCUT2D eigenvalue weighted by Crippen LogP contribution is 2.29. The van der Waals surface area contributed by atoms with Crippen LogP contribution in [-0.2, 0) is 0 Å². The van der Waals surface area contributed by atoms with Gasteiger partial charge in [-0.3, -0.25) is 4.79 Å². The first-order chi connectivity index (χ1) is 11.9. The van der Waals surface area contributed by atoms with Crippen molar-refractivity contribution in [1.29, 1.82) is 0 Å². The number of rotatable bonds is 7. The SMILES string of the molecule is COc1cc(C)c(C(=O)NCCSc2ccc(C)cc2)cc1C(C)C. The standard InChI is InChI=1S/C21H27NO2S/c1-14(2)18-13-19(16(4)12-20(18)24-5)21(23)22-10-11-25-17-8-6-15(3)7-9-17/h6-9,12-14H,10-11H2,1-5H3,(H,22,23). The molecule has 0 aromatic heterocycles. The number of hydrogen-bond donors (Lipinski definition) is 1. The molecule has 0 aliphatic heterocycles. The smallest absolute Gasteiger partial charge is 0.251 e. The Balaban J connectivity index is 1.96. The van der Waals surface area contributed by atoms with Gasteiger partial charge in [0.1, 0.15) is 5.75 Å². The van der Waals surface area contributed by atoms with Crippen LogP contribution in [0.15, 0.2) is 41.3 Å². The zero-order valence-corrected chi connectivity index (χ0v) is 16.5. The molecule has 2 aromatic carbocycles. The first-order valence-corrected chi connectivity index (χ1v) is 9.57. The summed E-state index contributed by atoms with van der Waals surface area (Å²) < 4.78 is 5.44. The topological polar surface area (TPSA) is 38.3 Å². The lowest BCUT2D eigenvalue weighted by atomic mass is 9.96. The van der Waals surface area contributed by atoms with Crippen LogP contribution in [-0.4, -0.2) is 25.3 Å². The van der Waals surface area contributed by atoms with Crippen LogP contribution in [0.25, 0.3) is 0 Å². The third kappa shape index (κ3) is 5.27. The van der Waals surface area contributed by atoms with Crippen molar-refractivity contribution in [3.05, 3.63) is 58.7 Å². The van der Waals surface area contributed by atoms with Gasteiger partial charge in [-0.25, -0.2) is 0 Å². The highest BCUT2D eigenvalue weighted by molar-refractivity contribution is 7.99. The minimum absolute atomic E-state index is 0.0217. The molecular weight excluding hydrogens is 330 g/mol. The van der Waals surface area contributed by atoms with E-state index in [1.807, 2.05) is 19.1 Å². The minimum Gasteiger partial charge on any atom is -0.496 e. The van der Waals surface area contributed by atoms with Crippen LogP contribution in [0.3, 0.4) is 0 Å². The number of carbonyl (C=O) groups excluding carboxylic acids is 1. The van der Waals surface area contributed by atoms with Crippen LogP contribution >= 0.6 is 11.8 Å². The first kappa shape index (κ1) is 19.4. The second-order valence-corrected chi connectivity index (χ2v) is 7.65. The molecule has 1 amide bonds. The van der Waals surface area contributed by atoms with Crippen LogP contribution in [0.4, 0.5) is 0 Å². The average molecular weight is 358 g/mol. The number of thioether (sulfide) groups is 1. The molecule has 0 atom stereocenters. The van der Waals surface area contributed by atoms with Gasteiger partial charge >= 0.3 is 0 Å². The van der Waals surface area contributed by atoms with Gasteiger partial charge in [-0.05, 0) is 55.2 Å².